The molecule has 2 aromatic rings. The molecule has 0 aliphatic carbocycles. The molecular formula is C32H50O2PS2+. The van der Waals surface area contributed by atoms with Gasteiger partial charge in [-0.2, -0.15) is 0 Å². The number of rotatable bonds is 21. The molecule has 206 valence electrons. The maximum atomic E-state index is 11.7. The van der Waals surface area contributed by atoms with Crippen molar-refractivity contribution in [1.29, 1.82) is 0 Å². The third-order valence-electron chi connectivity index (χ3n) is 7.21. The molecular weight excluding hydrogens is 511 g/mol. The van der Waals surface area contributed by atoms with Gasteiger partial charge in [0.25, 0.3) is 0 Å². The Balaban J connectivity index is 2.21. The molecule has 0 heterocycles. The largest absolute Gasteiger partial charge is 0.481 e. The Labute approximate surface area is 236 Å². The van der Waals surface area contributed by atoms with Gasteiger partial charge in [0, 0.05) is 23.5 Å². The van der Waals surface area contributed by atoms with E-state index in [9.17, 15) is 9.90 Å². The lowest BCUT2D eigenvalue weighted by Crippen LogP contribution is -2.22. The molecule has 0 bridgehead atoms. The molecule has 0 spiro atoms. The predicted octanol–water partition coefficient (Wildman–Crippen LogP) is 10.7. The fraction of sp³-hybridized carbons (Fsp3) is 0.594. The van der Waals surface area contributed by atoms with E-state index in [4.69, 9.17) is 0 Å². The topological polar surface area (TPSA) is 37.3 Å². The quantitative estimate of drug-likeness (QED) is 0.0712. The predicted molar refractivity (Wildman–Crippen MR) is 169 cm³/mol. The van der Waals surface area contributed by atoms with Gasteiger partial charge >= 0.3 is 5.97 Å². The van der Waals surface area contributed by atoms with E-state index < -0.39 is 13.2 Å². The van der Waals surface area contributed by atoms with Crippen LogP contribution in [0.3, 0.4) is 0 Å². The number of carbonyl (C=O) groups is 1. The second-order valence-corrected chi connectivity index (χ2v) is 18.0. The van der Waals surface area contributed by atoms with Crippen molar-refractivity contribution >= 4 is 36.8 Å². The Kier molecular flexibility index (Phi) is 16.0. The molecule has 2 nitrogen and oxygen atoms in total. The zero-order chi connectivity index (χ0) is 26.8. The Morgan fingerprint density at radius 2 is 1.11 bits per heavy atom. The van der Waals surface area contributed by atoms with Crippen LogP contribution < -0.4 is 0 Å². The number of thioether (sulfide) groups is 2. The number of carboxylic acids is 1. The van der Waals surface area contributed by atoms with Crippen LogP contribution in [0.1, 0.15) is 91.4 Å². The molecule has 2 rings (SSSR count). The van der Waals surface area contributed by atoms with Crippen LogP contribution >= 0.6 is 30.8 Å². The first-order valence-electron chi connectivity index (χ1n) is 14.5. The minimum Gasteiger partial charge on any atom is -0.481 e. The van der Waals surface area contributed by atoms with Gasteiger partial charge in [0.05, 0.1) is 28.7 Å². The normalized spacial score (nSPS) is 12.1. The fourth-order valence-electron chi connectivity index (χ4n) is 5.05. The number of hydrogen-bond donors (Lipinski definition) is 1. The van der Waals surface area contributed by atoms with Gasteiger partial charge in [0.15, 0.2) is 0 Å². The van der Waals surface area contributed by atoms with Crippen molar-refractivity contribution in [2.24, 2.45) is 0 Å². The molecule has 2 aromatic carbocycles. The van der Waals surface area contributed by atoms with Crippen LogP contribution in [0.15, 0.2) is 70.5 Å². The van der Waals surface area contributed by atoms with Gasteiger partial charge in [-0.15, -0.1) is 23.5 Å². The van der Waals surface area contributed by atoms with Crippen molar-refractivity contribution in [3.05, 3.63) is 60.7 Å². The number of unbranched alkanes of at least 4 members (excludes halogenated alkanes) is 4. The van der Waals surface area contributed by atoms with E-state index >= 15 is 0 Å². The summed E-state index contributed by atoms with van der Waals surface area (Å²) < 4.78 is -0.182. The molecule has 5 heteroatoms. The van der Waals surface area contributed by atoms with E-state index in [2.05, 4.69) is 81.4 Å². The van der Waals surface area contributed by atoms with E-state index in [1.807, 2.05) is 23.5 Å². The smallest absolute Gasteiger partial charge is 0.303 e. The zero-order valence-corrected chi connectivity index (χ0v) is 26.0. The van der Waals surface area contributed by atoms with Gasteiger partial charge < -0.3 is 5.11 Å². The third kappa shape index (κ3) is 12.6. The molecule has 0 amide bonds. The summed E-state index contributed by atoms with van der Waals surface area (Å²) in [5.41, 5.74) is 0. The molecule has 0 aliphatic heterocycles. The summed E-state index contributed by atoms with van der Waals surface area (Å²) in [6.45, 7) is 7.02. The molecule has 0 saturated heterocycles. The highest BCUT2D eigenvalue weighted by molar-refractivity contribution is 8.18. The molecule has 0 aliphatic rings. The molecule has 0 aromatic heterocycles. The van der Waals surface area contributed by atoms with E-state index in [1.165, 1.54) is 85.8 Å². The second kappa shape index (κ2) is 18.3. The zero-order valence-electron chi connectivity index (χ0n) is 23.5. The van der Waals surface area contributed by atoms with Crippen molar-refractivity contribution in [1.82, 2.24) is 0 Å². The molecule has 0 radical (unpaired) electrons. The first-order valence-corrected chi connectivity index (χ1v) is 18.7. The molecule has 1 N–H and O–H groups in total. The van der Waals surface area contributed by atoms with Crippen LogP contribution in [0, 0.1) is 0 Å². The summed E-state index contributed by atoms with van der Waals surface area (Å²) in [7, 11) is -0.900. The van der Waals surface area contributed by atoms with Crippen LogP contribution in [-0.4, -0.2) is 39.8 Å². The fourth-order valence-corrected chi connectivity index (χ4v) is 13.3. The lowest BCUT2D eigenvalue weighted by molar-refractivity contribution is -0.137. The van der Waals surface area contributed by atoms with Gasteiger partial charge in [0.2, 0.25) is 0 Å². The maximum Gasteiger partial charge on any atom is 0.303 e. The Morgan fingerprint density at radius 1 is 0.676 bits per heavy atom. The lowest BCUT2D eigenvalue weighted by atomic mass is 10.1. The van der Waals surface area contributed by atoms with E-state index in [0.717, 1.165) is 6.42 Å². The summed E-state index contributed by atoms with van der Waals surface area (Å²) in [6.07, 6.45) is 18.3. The molecule has 0 saturated carbocycles. The number of aliphatic carboxylic acids is 1. The van der Waals surface area contributed by atoms with Gasteiger partial charge in [-0.05, 0) is 69.2 Å². The van der Waals surface area contributed by atoms with Crippen molar-refractivity contribution in [3.63, 3.8) is 0 Å². The highest BCUT2D eigenvalue weighted by Crippen LogP contribution is 2.61. The van der Waals surface area contributed by atoms with Gasteiger partial charge in [-0.1, -0.05) is 76.4 Å². The molecule has 37 heavy (non-hydrogen) atoms. The lowest BCUT2D eigenvalue weighted by Gasteiger charge is -2.33. The first kappa shape index (κ1) is 32.3. The molecule has 0 fully saturated rings. The van der Waals surface area contributed by atoms with E-state index in [0.29, 0.717) is 6.42 Å². The monoisotopic (exact) mass is 561 g/mol. The van der Waals surface area contributed by atoms with Crippen molar-refractivity contribution in [2.75, 3.05) is 24.6 Å². The maximum absolute atomic E-state index is 11.7. The van der Waals surface area contributed by atoms with Gasteiger partial charge in [-0.3, -0.25) is 4.79 Å². The van der Waals surface area contributed by atoms with Crippen molar-refractivity contribution in [3.8, 4) is 0 Å². The molecule has 0 unspecified atom stereocenters. The third-order valence-corrected chi connectivity index (χ3v) is 15.3. The number of carboxylic acid groups (broad SMARTS) is 1. The Morgan fingerprint density at radius 3 is 1.51 bits per heavy atom. The average molecular weight is 562 g/mol. The van der Waals surface area contributed by atoms with Crippen LogP contribution in [0.5, 0.6) is 0 Å². The summed E-state index contributed by atoms with van der Waals surface area (Å²) in [5.74, 6) is -0.699. The molecule has 0 atom stereocenters. The minimum absolute atomic E-state index is 0.182. The average Bonchev–Trinajstić information content (AvgIpc) is 2.91. The Bertz CT molecular complexity index is 796. The van der Waals surface area contributed by atoms with E-state index in [1.54, 1.807) is 0 Å². The minimum atomic E-state index is -0.900. The SMILES string of the molecule is CCCC[P+](CCCC)(CCCC)CCCCC(CCC(=O)O)(Sc1ccccc1)Sc1ccccc1. The summed E-state index contributed by atoms with van der Waals surface area (Å²) in [5, 5.41) is 9.62. The second-order valence-electron chi connectivity index (χ2n) is 10.4. The van der Waals surface area contributed by atoms with Gasteiger partial charge in [-0.25, -0.2) is 0 Å². The van der Waals surface area contributed by atoms with Crippen LogP contribution in [0.25, 0.3) is 0 Å². The van der Waals surface area contributed by atoms with Crippen molar-refractivity contribution < 1.29 is 9.90 Å². The highest BCUT2D eigenvalue weighted by Gasteiger charge is 2.37. The van der Waals surface area contributed by atoms with Crippen LogP contribution in [-0.2, 0) is 4.79 Å². The summed E-state index contributed by atoms with van der Waals surface area (Å²) in [6, 6.07) is 21.1. The number of hydrogen-bond acceptors (Lipinski definition) is 3. The number of benzene rings is 2. The summed E-state index contributed by atoms with van der Waals surface area (Å²) in [4.78, 5) is 14.2. The standard InChI is InChI=1S/C32H49O2PS2/c1-4-7-25-35(26-8-5-2,27-9-6-3)28-17-16-23-32(24-22-31(33)34,36-29-18-12-10-13-19-29)37-30-20-14-11-15-21-30/h10-15,18-21H,4-9,16-17,22-28H2,1-3H3/p+1. The van der Waals surface area contributed by atoms with Crippen LogP contribution in [0.4, 0.5) is 0 Å². The summed E-state index contributed by atoms with van der Waals surface area (Å²) >= 11 is 3.76. The van der Waals surface area contributed by atoms with Gasteiger partial charge in [0.1, 0.15) is 0 Å². The van der Waals surface area contributed by atoms with Crippen molar-refractivity contribution in [2.45, 2.75) is 105 Å². The first-order chi connectivity index (χ1) is 18.0. The highest BCUT2D eigenvalue weighted by atomic mass is 32.2. The van der Waals surface area contributed by atoms with Crippen LogP contribution in [0.2, 0.25) is 0 Å². The van der Waals surface area contributed by atoms with E-state index in [-0.39, 0.29) is 10.5 Å². The Hall–Kier alpha value is -0.960.